The summed E-state index contributed by atoms with van der Waals surface area (Å²) >= 11 is 0. The van der Waals surface area contributed by atoms with Gasteiger partial charge in [-0.25, -0.2) is 13.1 Å². The van der Waals surface area contributed by atoms with Crippen LogP contribution in [-0.4, -0.2) is 25.2 Å². The molecule has 20 heavy (non-hydrogen) atoms. The molecule has 2 rings (SSSR count). The topological polar surface area (TPSA) is 76.0 Å². The number of hydrogen-bond acceptors (Lipinski definition) is 4. The Hall–Kier alpha value is -1.86. The maximum absolute atomic E-state index is 11.7. The minimum atomic E-state index is -3.41. The van der Waals surface area contributed by atoms with Crippen molar-refractivity contribution in [3.63, 3.8) is 0 Å². The third-order valence-corrected chi connectivity index (χ3v) is 4.64. The third kappa shape index (κ3) is 3.00. The molecule has 0 aliphatic heterocycles. The summed E-state index contributed by atoms with van der Waals surface area (Å²) in [6.45, 7) is 2.59. The summed E-state index contributed by atoms with van der Waals surface area (Å²) in [6.07, 6.45) is 1.80. The van der Waals surface area contributed by atoms with Crippen LogP contribution in [0.2, 0.25) is 0 Å². The number of aromatic nitrogens is 2. The van der Waals surface area contributed by atoms with E-state index in [2.05, 4.69) is 15.1 Å². The maximum atomic E-state index is 11.7. The van der Waals surface area contributed by atoms with E-state index < -0.39 is 10.0 Å². The molecule has 0 saturated heterocycles. The largest absolute Gasteiger partial charge is 0.381 e. The van der Waals surface area contributed by atoms with Crippen molar-refractivity contribution in [3.05, 3.63) is 41.7 Å². The van der Waals surface area contributed by atoms with Gasteiger partial charge in [-0.15, -0.1) is 0 Å². The standard InChI is InChI=1S/C13H18N4O2S/c1-10-11(9-16-17(10)3)8-15-12-5-4-6-13(7-12)20(18,19)14-2/h4-7,9,14-15H,8H2,1-3H3. The van der Waals surface area contributed by atoms with Crippen LogP contribution in [-0.2, 0) is 23.6 Å². The van der Waals surface area contributed by atoms with Crippen LogP contribution in [0.15, 0.2) is 35.4 Å². The van der Waals surface area contributed by atoms with Crippen molar-refractivity contribution in [2.75, 3.05) is 12.4 Å². The maximum Gasteiger partial charge on any atom is 0.240 e. The molecule has 0 fully saturated rings. The summed E-state index contributed by atoms with van der Waals surface area (Å²) in [5.74, 6) is 0. The predicted molar refractivity (Wildman–Crippen MR) is 78.0 cm³/mol. The van der Waals surface area contributed by atoms with E-state index in [9.17, 15) is 8.42 Å². The van der Waals surface area contributed by atoms with Gasteiger partial charge in [0.05, 0.1) is 11.1 Å². The van der Waals surface area contributed by atoms with Gasteiger partial charge in [-0.2, -0.15) is 5.10 Å². The van der Waals surface area contributed by atoms with Gasteiger partial charge in [-0.1, -0.05) is 6.07 Å². The van der Waals surface area contributed by atoms with Crippen LogP contribution in [0.3, 0.4) is 0 Å². The fraction of sp³-hybridized carbons (Fsp3) is 0.308. The zero-order chi connectivity index (χ0) is 14.8. The zero-order valence-electron chi connectivity index (χ0n) is 11.7. The number of nitrogens with zero attached hydrogens (tertiary/aromatic N) is 2. The number of anilines is 1. The number of aryl methyl sites for hydroxylation is 1. The first-order chi connectivity index (χ1) is 9.44. The molecule has 2 aromatic rings. The number of sulfonamides is 1. The van der Waals surface area contributed by atoms with Gasteiger partial charge in [0.1, 0.15) is 0 Å². The Morgan fingerprint density at radius 2 is 2.10 bits per heavy atom. The van der Waals surface area contributed by atoms with Crippen LogP contribution in [0, 0.1) is 6.92 Å². The lowest BCUT2D eigenvalue weighted by atomic mass is 10.2. The zero-order valence-corrected chi connectivity index (χ0v) is 12.5. The van der Waals surface area contributed by atoms with Gasteiger partial charge in [0.15, 0.2) is 0 Å². The molecule has 108 valence electrons. The molecular formula is C13H18N4O2S. The van der Waals surface area contributed by atoms with Gasteiger partial charge in [0, 0.05) is 30.5 Å². The second-order valence-corrected chi connectivity index (χ2v) is 6.35. The van der Waals surface area contributed by atoms with E-state index in [1.54, 1.807) is 29.1 Å². The normalized spacial score (nSPS) is 11.6. The van der Waals surface area contributed by atoms with E-state index in [1.165, 1.54) is 7.05 Å². The summed E-state index contributed by atoms with van der Waals surface area (Å²) in [5, 5.41) is 7.38. The molecule has 0 bridgehead atoms. The van der Waals surface area contributed by atoms with Gasteiger partial charge >= 0.3 is 0 Å². The highest BCUT2D eigenvalue weighted by Gasteiger charge is 2.11. The van der Waals surface area contributed by atoms with Gasteiger partial charge in [0.2, 0.25) is 10.0 Å². The molecule has 1 aromatic heterocycles. The summed E-state index contributed by atoms with van der Waals surface area (Å²) in [7, 11) is -0.129. The lowest BCUT2D eigenvalue weighted by Gasteiger charge is -2.08. The van der Waals surface area contributed by atoms with Crippen molar-refractivity contribution in [2.24, 2.45) is 7.05 Å². The summed E-state index contributed by atoms with van der Waals surface area (Å²) in [6, 6.07) is 6.72. The Labute approximate surface area is 118 Å². The van der Waals surface area contributed by atoms with Crippen molar-refractivity contribution in [1.82, 2.24) is 14.5 Å². The molecular weight excluding hydrogens is 276 g/mol. The van der Waals surface area contributed by atoms with Gasteiger partial charge in [0.25, 0.3) is 0 Å². The van der Waals surface area contributed by atoms with Crippen LogP contribution in [0.1, 0.15) is 11.3 Å². The molecule has 7 heteroatoms. The molecule has 1 aromatic carbocycles. The molecule has 0 aliphatic rings. The fourth-order valence-corrected chi connectivity index (χ4v) is 2.58. The van der Waals surface area contributed by atoms with Crippen LogP contribution in [0.5, 0.6) is 0 Å². The Kier molecular flexibility index (Phi) is 4.10. The van der Waals surface area contributed by atoms with E-state index in [-0.39, 0.29) is 4.90 Å². The first-order valence-electron chi connectivity index (χ1n) is 6.19. The summed E-state index contributed by atoms with van der Waals surface area (Å²) < 4.78 is 27.6. The molecule has 0 amide bonds. The Morgan fingerprint density at radius 1 is 1.35 bits per heavy atom. The van der Waals surface area contributed by atoms with Crippen LogP contribution >= 0.6 is 0 Å². The fourth-order valence-electron chi connectivity index (χ4n) is 1.81. The molecule has 2 N–H and O–H groups in total. The van der Waals surface area contributed by atoms with E-state index >= 15 is 0 Å². The molecule has 0 radical (unpaired) electrons. The van der Waals surface area contributed by atoms with E-state index in [4.69, 9.17) is 0 Å². The van der Waals surface area contributed by atoms with Crippen molar-refractivity contribution in [1.29, 1.82) is 0 Å². The van der Waals surface area contributed by atoms with Crippen LogP contribution < -0.4 is 10.0 Å². The van der Waals surface area contributed by atoms with E-state index in [0.717, 1.165) is 16.9 Å². The third-order valence-electron chi connectivity index (χ3n) is 3.23. The Bertz CT molecular complexity index is 707. The number of hydrogen-bond donors (Lipinski definition) is 2. The van der Waals surface area contributed by atoms with Gasteiger partial charge in [-0.3, -0.25) is 4.68 Å². The highest BCUT2D eigenvalue weighted by Crippen LogP contribution is 2.16. The second-order valence-electron chi connectivity index (χ2n) is 4.47. The van der Waals surface area contributed by atoms with Crippen molar-refractivity contribution >= 4 is 15.7 Å². The SMILES string of the molecule is CNS(=O)(=O)c1cccc(NCc2cnn(C)c2C)c1. The predicted octanol–water partition coefficient (Wildman–Crippen LogP) is 1.25. The van der Waals surface area contributed by atoms with Crippen molar-refractivity contribution < 1.29 is 8.42 Å². The molecule has 0 aliphatic carbocycles. The smallest absolute Gasteiger partial charge is 0.240 e. The van der Waals surface area contributed by atoms with E-state index in [0.29, 0.717) is 6.54 Å². The first-order valence-corrected chi connectivity index (χ1v) is 7.67. The Balaban J connectivity index is 2.15. The average Bonchev–Trinajstić information content (AvgIpc) is 2.77. The second kappa shape index (κ2) is 5.64. The highest BCUT2D eigenvalue weighted by molar-refractivity contribution is 7.89. The molecule has 6 nitrogen and oxygen atoms in total. The van der Waals surface area contributed by atoms with Gasteiger partial charge < -0.3 is 5.32 Å². The lowest BCUT2D eigenvalue weighted by molar-refractivity contribution is 0.588. The monoisotopic (exact) mass is 294 g/mol. The summed E-state index contributed by atoms with van der Waals surface area (Å²) in [4.78, 5) is 0.243. The lowest BCUT2D eigenvalue weighted by Crippen LogP contribution is -2.18. The van der Waals surface area contributed by atoms with Crippen molar-refractivity contribution in [3.8, 4) is 0 Å². The first kappa shape index (κ1) is 14.5. The molecule has 0 atom stereocenters. The minimum Gasteiger partial charge on any atom is -0.381 e. The molecule has 0 saturated carbocycles. The summed E-state index contributed by atoms with van der Waals surface area (Å²) in [5.41, 5.74) is 2.91. The number of rotatable bonds is 5. The minimum absolute atomic E-state index is 0.243. The van der Waals surface area contributed by atoms with Crippen LogP contribution in [0.4, 0.5) is 5.69 Å². The van der Waals surface area contributed by atoms with Gasteiger partial charge in [-0.05, 0) is 32.2 Å². The molecule has 1 heterocycles. The number of nitrogens with one attached hydrogen (secondary N) is 2. The van der Waals surface area contributed by atoms with Crippen LogP contribution in [0.25, 0.3) is 0 Å². The number of benzene rings is 1. The Morgan fingerprint density at radius 3 is 2.70 bits per heavy atom. The average molecular weight is 294 g/mol. The van der Waals surface area contributed by atoms with E-state index in [1.807, 2.05) is 20.0 Å². The quantitative estimate of drug-likeness (QED) is 0.870. The van der Waals surface area contributed by atoms with Crippen molar-refractivity contribution in [2.45, 2.75) is 18.4 Å². The molecule has 0 spiro atoms. The molecule has 0 unspecified atom stereocenters. The highest BCUT2D eigenvalue weighted by atomic mass is 32.2.